The van der Waals surface area contributed by atoms with E-state index in [1.165, 1.54) is 0 Å². The van der Waals surface area contributed by atoms with Gasteiger partial charge in [0, 0.05) is 4.91 Å². The van der Waals surface area contributed by atoms with E-state index in [4.69, 9.17) is 0 Å². The van der Waals surface area contributed by atoms with Gasteiger partial charge in [-0.1, -0.05) is 6.92 Å². The molecular formula is C9H12O2S. The van der Waals surface area contributed by atoms with Gasteiger partial charge in [-0.25, -0.2) is 8.42 Å². The molecule has 0 bridgehead atoms. The van der Waals surface area contributed by atoms with Crippen LogP contribution in [-0.4, -0.2) is 8.42 Å². The summed E-state index contributed by atoms with van der Waals surface area (Å²) in [5.41, 5.74) is 2.08. The largest absolute Gasteiger partial charge is 0.219 e. The Morgan fingerprint density at radius 2 is 1.92 bits per heavy atom. The van der Waals surface area contributed by atoms with Crippen LogP contribution in [-0.2, 0) is 9.84 Å². The summed E-state index contributed by atoms with van der Waals surface area (Å²) >= 11 is 0. The minimum absolute atomic E-state index is 0.451. The van der Waals surface area contributed by atoms with Gasteiger partial charge in [0.25, 0.3) is 0 Å². The molecule has 0 fully saturated rings. The van der Waals surface area contributed by atoms with E-state index in [9.17, 15) is 8.42 Å². The molecule has 1 unspecified atom stereocenters. The van der Waals surface area contributed by atoms with Crippen molar-refractivity contribution in [2.24, 2.45) is 5.92 Å². The van der Waals surface area contributed by atoms with Gasteiger partial charge in [-0.15, -0.1) is 0 Å². The Hall–Kier alpha value is -0.570. The van der Waals surface area contributed by atoms with Gasteiger partial charge < -0.3 is 0 Å². The Morgan fingerprint density at radius 3 is 2.25 bits per heavy atom. The average molecular weight is 184 g/mol. The van der Waals surface area contributed by atoms with E-state index in [1.54, 1.807) is 6.92 Å². The van der Waals surface area contributed by atoms with E-state index in [2.05, 4.69) is 6.92 Å². The molecule has 1 atom stereocenters. The fourth-order valence-electron chi connectivity index (χ4n) is 2.04. The van der Waals surface area contributed by atoms with Crippen LogP contribution in [0.2, 0.25) is 0 Å². The predicted octanol–water partition coefficient (Wildman–Crippen LogP) is 2.00. The zero-order valence-corrected chi connectivity index (χ0v) is 8.33. The second-order valence-corrected chi connectivity index (χ2v) is 5.74. The molecule has 2 aliphatic rings. The second-order valence-electron chi connectivity index (χ2n) is 3.63. The molecule has 1 aliphatic carbocycles. The van der Waals surface area contributed by atoms with E-state index in [0.29, 0.717) is 15.7 Å². The van der Waals surface area contributed by atoms with Crippen LogP contribution >= 0.6 is 0 Å². The summed E-state index contributed by atoms with van der Waals surface area (Å²) in [6.07, 6.45) is 0.742. The fraction of sp³-hybridized carbons (Fsp3) is 0.556. The van der Waals surface area contributed by atoms with Crippen LogP contribution in [0.25, 0.3) is 0 Å². The third-order valence-corrected chi connectivity index (χ3v) is 5.09. The van der Waals surface area contributed by atoms with E-state index in [1.807, 2.05) is 6.92 Å². The molecule has 0 amide bonds. The van der Waals surface area contributed by atoms with E-state index < -0.39 is 9.84 Å². The average Bonchev–Trinajstić information content (AvgIpc) is 2.08. The standard InChI is InChI=1S/C9H12O2S/c1-5-4-8-9(5)6(2)7(3)12(8,10)11/h5H,4H2,1-3H3. The lowest BCUT2D eigenvalue weighted by Crippen LogP contribution is -2.16. The molecule has 0 radical (unpaired) electrons. The van der Waals surface area contributed by atoms with Crippen molar-refractivity contribution in [1.29, 1.82) is 0 Å². The highest BCUT2D eigenvalue weighted by molar-refractivity contribution is 7.99. The normalized spacial score (nSPS) is 32.1. The lowest BCUT2D eigenvalue weighted by atomic mass is 9.82. The van der Waals surface area contributed by atoms with E-state index >= 15 is 0 Å². The maximum atomic E-state index is 11.6. The van der Waals surface area contributed by atoms with Crippen molar-refractivity contribution in [2.45, 2.75) is 27.2 Å². The van der Waals surface area contributed by atoms with Crippen molar-refractivity contribution in [3.8, 4) is 0 Å². The Balaban J connectivity index is 2.70. The van der Waals surface area contributed by atoms with Crippen LogP contribution < -0.4 is 0 Å². The molecule has 2 rings (SSSR count). The van der Waals surface area contributed by atoms with Gasteiger partial charge in [0.1, 0.15) is 0 Å². The molecule has 0 spiro atoms. The first-order chi connectivity index (χ1) is 5.46. The lowest BCUT2D eigenvalue weighted by molar-refractivity contribution is 0.583. The lowest BCUT2D eigenvalue weighted by Gasteiger charge is -2.25. The third-order valence-electron chi connectivity index (χ3n) is 2.94. The molecule has 66 valence electrons. The highest BCUT2D eigenvalue weighted by Gasteiger charge is 2.42. The summed E-state index contributed by atoms with van der Waals surface area (Å²) in [5.74, 6) is 0.451. The van der Waals surface area contributed by atoms with Crippen molar-refractivity contribution in [3.63, 3.8) is 0 Å². The number of hydrogen-bond acceptors (Lipinski definition) is 2. The first-order valence-electron chi connectivity index (χ1n) is 4.12. The van der Waals surface area contributed by atoms with Gasteiger partial charge >= 0.3 is 0 Å². The van der Waals surface area contributed by atoms with Gasteiger partial charge in [0.2, 0.25) is 0 Å². The summed E-state index contributed by atoms with van der Waals surface area (Å²) in [4.78, 5) is 1.25. The van der Waals surface area contributed by atoms with Gasteiger partial charge in [0.15, 0.2) is 9.84 Å². The number of rotatable bonds is 0. The molecule has 12 heavy (non-hydrogen) atoms. The number of sulfone groups is 1. The molecule has 0 aromatic heterocycles. The molecule has 1 aliphatic heterocycles. The molecular weight excluding hydrogens is 172 g/mol. The first-order valence-corrected chi connectivity index (χ1v) is 5.60. The van der Waals surface area contributed by atoms with Gasteiger partial charge in [0.05, 0.1) is 4.91 Å². The quantitative estimate of drug-likeness (QED) is 0.577. The Bertz CT molecular complexity index is 410. The Kier molecular flexibility index (Phi) is 1.35. The summed E-state index contributed by atoms with van der Waals surface area (Å²) in [7, 11) is -2.99. The highest BCUT2D eigenvalue weighted by Crippen LogP contribution is 2.50. The maximum absolute atomic E-state index is 11.6. The first kappa shape index (κ1) is 8.05. The second kappa shape index (κ2) is 2.02. The minimum Gasteiger partial charge on any atom is -0.219 e. The molecule has 0 aromatic carbocycles. The Morgan fingerprint density at radius 1 is 1.33 bits per heavy atom. The monoisotopic (exact) mass is 184 g/mol. The van der Waals surface area contributed by atoms with Crippen molar-refractivity contribution < 1.29 is 8.42 Å². The summed E-state index contributed by atoms with van der Waals surface area (Å²) < 4.78 is 23.2. The minimum atomic E-state index is -2.99. The molecule has 0 N–H and O–H groups in total. The zero-order valence-electron chi connectivity index (χ0n) is 7.51. The van der Waals surface area contributed by atoms with Crippen LogP contribution in [0.4, 0.5) is 0 Å². The molecule has 2 nitrogen and oxygen atoms in total. The molecule has 3 heteroatoms. The third kappa shape index (κ3) is 0.678. The zero-order chi connectivity index (χ0) is 9.09. The smallest absolute Gasteiger partial charge is 0.199 e. The Labute approximate surface area is 72.9 Å². The summed E-state index contributed by atoms with van der Waals surface area (Å²) in [6, 6.07) is 0. The molecule has 1 heterocycles. The van der Waals surface area contributed by atoms with Crippen LogP contribution in [0.1, 0.15) is 27.2 Å². The van der Waals surface area contributed by atoms with E-state index in [-0.39, 0.29) is 0 Å². The van der Waals surface area contributed by atoms with Crippen LogP contribution in [0.5, 0.6) is 0 Å². The van der Waals surface area contributed by atoms with Gasteiger partial charge in [-0.3, -0.25) is 0 Å². The molecule has 0 saturated carbocycles. The molecule has 0 saturated heterocycles. The van der Waals surface area contributed by atoms with Crippen molar-refractivity contribution >= 4 is 9.84 Å². The van der Waals surface area contributed by atoms with Crippen LogP contribution in [0.3, 0.4) is 0 Å². The SMILES string of the molecule is CC1=C(C)S(=O)(=O)C2=C1C(C)C2. The van der Waals surface area contributed by atoms with Crippen LogP contribution in [0, 0.1) is 5.92 Å². The van der Waals surface area contributed by atoms with E-state index in [0.717, 1.165) is 17.6 Å². The van der Waals surface area contributed by atoms with Crippen molar-refractivity contribution in [1.82, 2.24) is 0 Å². The maximum Gasteiger partial charge on any atom is 0.199 e. The number of hydrogen-bond donors (Lipinski definition) is 0. The van der Waals surface area contributed by atoms with Gasteiger partial charge in [-0.2, -0.15) is 0 Å². The predicted molar refractivity (Wildman–Crippen MR) is 48.1 cm³/mol. The topological polar surface area (TPSA) is 34.1 Å². The summed E-state index contributed by atoms with van der Waals surface area (Å²) in [5, 5.41) is 0. The fourth-order valence-corrected chi connectivity index (χ4v) is 4.04. The molecule has 0 aromatic rings. The van der Waals surface area contributed by atoms with Crippen molar-refractivity contribution in [3.05, 3.63) is 21.0 Å². The van der Waals surface area contributed by atoms with Crippen molar-refractivity contribution in [2.75, 3.05) is 0 Å². The van der Waals surface area contributed by atoms with Gasteiger partial charge in [-0.05, 0) is 37.3 Å². The highest BCUT2D eigenvalue weighted by atomic mass is 32.2. The van der Waals surface area contributed by atoms with Crippen LogP contribution in [0.15, 0.2) is 21.0 Å². The summed E-state index contributed by atoms with van der Waals surface area (Å²) in [6.45, 7) is 5.69. The number of allylic oxidation sites excluding steroid dienone is 4.